The van der Waals surface area contributed by atoms with Crippen LogP contribution in [0.1, 0.15) is 5.56 Å². The van der Waals surface area contributed by atoms with Gasteiger partial charge in [0.2, 0.25) is 0 Å². The predicted molar refractivity (Wildman–Crippen MR) is 132 cm³/mol. The summed E-state index contributed by atoms with van der Waals surface area (Å²) in [6, 6.07) is 18.0. The van der Waals surface area contributed by atoms with Gasteiger partial charge in [-0.2, -0.15) is 0 Å². The van der Waals surface area contributed by atoms with E-state index < -0.39 is 10.0 Å². The average Bonchev–Trinajstić information content (AvgIpc) is 2.87. The molecule has 186 valence electrons. The summed E-state index contributed by atoms with van der Waals surface area (Å²) in [5, 5.41) is 2.79. The van der Waals surface area contributed by atoms with Crippen LogP contribution in [0.15, 0.2) is 71.6 Å². The zero-order chi connectivity index (χ0) is 25.3. The van der Waals surface area contributed by atoms with Crippen LogP contribution in [0.5, 0.6) is 23.0 Å². The number of hydrogen-bond donors (Lipinski definition) is 2. The van der Waals surface area contributed by atoms with E-state index >= 15 is 0 Å². The molecule has 0 spiro atoms. The first-order valence-corrected chi connectivity index (χ1v) is 12.2. The highest BCUT2D eigenvalue weighted by Gasteiger charge is 2.15. The van der Waals surface area contributed by atoms with Gasteiger partial charge in [-0.3, -0.25) is 9.52 Å². The molecule has 0 aliphatic carbocycles. The maximum atomic E-state index is 12.6. The van der Waals surface area contributed by atoms with Crippen LogP contribution in [0.4, 0.5) is 5.69 Å². The summed E-state index contributed by atoms with van der Waals surface area (Å²) in [5.41, 5.74) is 1.37. The molecule has 2 N–H and O–H groups in total. The highest BCUT2D eigenvalue weighted by molar-refractivity contribution is 7.92. The molecule has 9 nitrogen and oxygen atoms in total. The molecular weight excluding hydrogens is 472 g/mol. The van der Waals surface area contributed by atoms with Gasteiger partial charge in [-0.15, -0.1) is 0 Å². The molecule has 0 atom stereocenters. The highest BCUT2D eigenvalue weighted by Crippen LogP contribution is 2.27. The first-order valence-electron chi connectivity index (χ1n) is 10.7. The number of benzene rings is 3. The van der Waals surface area contributed by atoms with Crippen LogP contribution in [0, 0.1) is 0 Å². The molecule has 35 heavy (non-hydrogen) atoms. The molecule has 0 fully saturated rings. The number of rotatable bonds is 12. The maximum absolute atomic E-state index is 12.6. The van der Waals surface area contributed by atoms with Crippen LogP contribution in [0.3, 0.4) is 0 Å². The lowest BCUT2D eigenvalue weighted by atomic mass is 10.1. The number of nitrogens with one attached hydrogen (secondary N) is 2. The van der Waals surface area contributed by atoms with Gasteiger partial charge in [0.25, 0.3) is 15.9 Å². The Balaban J connectivity index is 1.47. The zero-order valence-electron chi connectivity index (χ0n) is 19.7. The molecule has 3 aromatic carbocycles. The van der Waals surface area contributed by atoms with Crippen molar-refractivity contribution in [3.05, 3.63) is 72.3 Å². The van der Waals surface area contributed by atoms with E-state index in [1.807, 2.05) is 18.2 Å². The molecular formula is C25H28N2O7S. The van der Waals surface area contributed by atoms with Crippen molar-refractivity contribution in [2.24, 2.45) is 0 Å². The summed E-state index contributed by atoms with van der Waals surface area (Å²) in [7, 11) is 0.856. The highest BCUT2D eigenvalue weighted by atomic mass is 32.2. The van der Waals surface area contributed by atoms with Crippen molar-refractivity contribution in [3.63, 3.8) is 0 Å². The molecule has 10 heteroatoms. The Morgan fingerprint density at radius 2 is 1.57 bits per heavy atom. The SMILES string of the molecule is COc1cccc(NS(=O)(=O)c2ccc(OCC(=O)NCCc3ccc(OC)c(OC)c3)cc2)c1. The lowest BCUT2D eigenvalue weighted by molar-refractivity contribution is -0.123. The van der Waals surface area contributed by atoms with E-state index in [4.69, 9.17) is 18.9 Å². The Morgan fingerprint density at radius 3 is 2.26 bits per heavy atom. The third-order valence-corrected chi connectivity index (χ3v) is 6.41. The van der Waals surface area contributed by atoms with E-state index in [-0.39, 0.29) is 17.4 Å². The summed E-state index contributed by atoms with van der Waals surface area (Å²) >= 11 is 0. The number of hydrogen-bond acceptors (Lipinski definition) is 7. The Hall–Kier alpha value is -3.92. The third-order valence-electron chi connectivity index (χ3n) is 5.01. The van der Waals surface area contributed by atoms with Gasteiger partial charge in [-0.25, -0.2) is 8.42 Å². The van der Waals surface area contributed by atoms with E-state index in [2.05, 4.69) is 10.0 Å². The van der Waals surface area contributed by atoms with E-state index in [1.165, 1.54) is 31.4 Å². The number of carbonyl (C=O) groups is 1. The first kappa shape index (κ1) is 25.7. The minimum Gasteiger partial charge on any atom is -0.497 e. The molecule has 0 aromatic heterocycles. The van der Waals surface area contributed by atoms with E-state index in [1.54, 1.807) is 38.5 Å². The number of anilines is 1. The molecule has 0 aliphatic heterocycles. The molecule has 0 bridgehead atoms. The predicted octanol–water partition coefficient (Wildman–Crippen LogP) is 3.25. The molecule has 3 aromatic rings. The standard InChI is InChI=1S/C25H28N2O7S/c1-31-21-6-4-5-19(16-21)27-35(29,30)22-10-8-20(9-11-22)34-17-25(28)26-14-13-18-7-12-23(32-2)24(15-18)33-3/h4-12,15-16,27H,13-14,17H2,1-3H3,(H,26,28). The van der Waals surface area contributed by atoms with E-state index in [0.717, 1.165) is 5.56 Å². The van der Waals surface area contributed by atoms with Gasteiger partial charge in [-0.05, 0) is 60.5 Å². The topological polar surface area (TPSA) is 112 Å². The van der Waals surface area contributed by atoms with Gasteiger partial charge < -0.3 is 24.3 Å². The van der Waals surface area contributed by atoms with Gasteiger partial charge in [-0.1, -0.05) is 12.1 Å². The van der Waals surface area contributed by atoms with Gasteiger partial charge in [0, 0.05) is 12.6 Å². The summed E-state index contributed by atoms with van der Waals surface area (Å²) in [4.78, 5) is 12.2. The smallest absolute Gasteiger partial charge is 0.261 e. The molecule has 0 saturated carbocycles. The molecule has 0 saturated heterocycles. The van der Waals surface area contributed by atoms with Crippen molar-refractivity contribution >= 4 is 21.6 Å². The second-order valence-electron chi connectivity index (χ2n) is 7.39. The van der Waals surface area contributed by atoms with Crippen molar-refractivity contribution in [2.45, 2.75) is 11.3 Å². The summed E-state index contributed by atoms with van der Waals surface area (Å²) < 4.78 is 48.8. The van der Waals surface area contributed by atoms with Crippen LogP contribution >= 0.6 is 0 Å². The number of ether oxygens (including phenoxy) is 4. The average molecular weight is 501 g/mol. The van der Waals surface area contributed by atoms with E-state index in [0.29, 0.717) is 41.7 Å². The Kier molecular flexibility index (Phi) is 8.80. The fraction of sp³-hybridized carbons (Fsp3) is 0.240. The van der Waals surface area contributed by atoms with Crippen molar-refractivity contribution in [1.29, 1.82) is 0 Å². The van der Waals surface area contributed by atoms with E-state index in [9.17, 15) is 13.2 Å². The van der Waals surface area contributed by atoms with Gasteiger partial charge in [0.15, 0.2) is 18.1 Å². The Morgan fingerprint density at radius 1 is 0.829 bits per heavy atom. The first-order chi connectivity index (χ1) is 16.8. The fourth-order valence-corrected chi connectivity index (χ4v) is 4.25. The number of carbonyl (C=O) groups excluding carboxylic acids is 1. The second kappa shape index (κ2) is 12.0. The monoisotopic (exact) mass is 500 g/mol. The van der Waals surface area contributed by atoms with Crippen molar-refractivity contribution in [3.8, 4) is 23.0 Å². The molecule has 1 amide bonds. The zero-order valence-corrected chi connectivity index (χ0v) is 20.6. The van der Waals surface area contributed by atoms with Crippen LogP contribution in [-0.4, -0.2) is 48.8 Å². The van der Waals surface area contributed by atoms with Crippen molar-refractivity contribution < 1.29 is 32.2 Å². The normalized spacial score (nSPS) is 10.8. The van der Waals surface area contributed by atoms with Crippen LogP contribution in [0.25, 0.3) is 0 Å². The Labute approximate surface area is 205 Å². The second-order valence-corrected chi connectivity index (χ2v) is 9.07. The lowest BCUT2D eigenvalue weighted by Crippen LogP contribution is -2.30. The van der Waals surface area contributed by atoms with Gasteiger partial charge >= 0.3 is 0 Å². The van der Waals surface area contributed by atoms with Crippen LogP contribution in [-0.2, 0) is 21.2 Å². The van der Waals surface area contributed by atoms with Crippen LogP contribution in [0.2, 0.25) is 0 Å². The summed E-state index contributed by atoms with van der Waals surface area (Å²) in [6.07, 6.45) is 0.610. The summed E-state index contributed by atoms with van der Waals surface area (Å²) in [5.74, 6) is 1.89. The largest absolute Gasteiger partial charge is 0.497 e. The van der Waals surface area contributed by atoms with Gasteiger partial charge in [0.05, 0.1) is 31.9 Å². The molecule has 0 aliphatic rings. The van der Waals surface area contributed by atoms with Gasteiger partial charge in [0.1, 0.15) is 11.5 Å². The lowest BCUT2D eigenvalue weighted by Gasteiger charge is -2.11. The Bertz CT molecular complexity index is 1240. The maximum Gasteiger partial charge on any atom is 0.261 e. The fourth-order valence-electron chi connectivity index (χ4n) is 3.20. The molecule has 0 radical (unpaired) electrons. The minimum absolute atomic E-state index is 0.0621. The van der Waals surface area contributed by atoms with Crippen molar-refractivity contribution in [2.75, 3.05) is 39.2 Å². The molecule has 3 rings (SSSR count). The minimum atomic E-state index is -3.79. The summed E-state index contributed by atoms with van der Waals surface area (Å²) in [6.45, 7) is 0.227. The van der Waals surface area contributed by atoms with Crippen LogP contribution < -0.4 is 29.0 Å². The van der Waals surface area contributed by atoms with Crippen molar-refractivity contribution in [1.82, 2.24) is 5.32 Å². The number of amides is 1. The third kappa shape index (κ3) is 7.28. The quantitative estimate of drug-likeness (QED) is 0.393. The molecule has 0 heterocycles. The molecule has 0 unspecified atom stereocenters. The number of methoxy groups -OCH3 is 3. The number of sulfonamides is 1.